The Hall–Kier alpha value is -2.99. The SMILES string of the molecule is CC(C)C(C)(CN)NC(=O)c1cccc(CN2C(=O)c3ccccc3C2=O)c1. The number of nitrogens with one attached hydrogen (secondary N) is 1. The lowest BCUT2D eigenvalue weighted by molar-refractivity contribution is 0.0642. The van der Waals surface area contributed by atoms with E-state index in [4.69, 9.17) is 5.73 Å². The number of benzene rings is 2. The fourth-order valence-corrected chi connectivity index (χ4v) is 3.14. The van der Waals surface area contributed by atoms with E-state index in [9.17, 15) is 14.4 Å². The van der Waals surface area contributed by atoms with Gasteiger partial charge >= 0.3 is 0 Å². The highest BCUT2D eigenvalue weighted by Gasteiger charge is 2.35. The number of imide groups is 1. The number of hydrogen-bond donors (Lipinski definition) is 2. The number of carbonyl (C=O) groups is 3. The van der Waals surface area contributed by atoms with E-state index in [0.717, 1.165) is 0 Å². The van der Waals surface area contributed by atoms with Gasteiger partial charge in [0.25, 0.3) is 17.7 Å². The van der Waals surface area contributed by atoms with Crippen LogP contribution in [-0.4, -0.2) is 34.7 Å². The Balaban J connectivity index is 1.79. The average Bonchev–Trinajstić information content (AvgIpc) is 2.93. The molecule has 6 nitrogen and oxygen atoms in total. The molecule has 1 aliphatic rings. The summed E-state index contributed by atoms with van der Waals surface area (Å²) in [7, 11) is 0. The smallest absolute Gasteiger partial charge is 0.261 e. The van der Waals surface area contributed by atoms with Crippen molar-refractivity contribution in [1.29, 1.82) is 0 Å². The topological polar surface area (TPSA) is 92.5 Å². The van der Waals surface area contributed by atoms with Crippen LogP contribution in [0.1, 0.15) is 57.4 Å². The van der Waals surface area contributed by atoms with Crippen LogP contribution in [0.2, 0.25) is 0 Å². The van der Waals surface area contributed by atoms with Gasteiger partial charge in [-0.05, 0) is 42.7 Å². The van der Waals surface area contributed by atoms with Crippen LogP contribution in [0.4, 0.5) is 0 Å². The van der Waals surface area contributed by atoms with Crippen molar-refractivity contribution in [2.75, 3.05) is 6.54 Å². The summed E-state index contributed by atoms with van der Waals surface area (Å²) in [5, 5.41) is 3.00. The highest BCUT2D eigenvalue weighted by molar-refractivity contribution is 6.21. The van der Waals surface area contributed by atoms with Gasteiger partial charge in [-0.1, -0.05) is 38.1 Å². The molecule has 146 valence electrons. The Morgan fingerprint density at radius 2 is 1.68 bits per heavy atom. The fourth-order valence-electron chi connectivity index (χ4n) is 3.14. The summed E-state index contributed by atoms with van der Waals surface area (Å²) in [6, 6.07) is 13.7. The van der Waals surface area contributed by atoms with Crippen LogP contribution >= 0.6 is 0 Å². The number of hydrogen-bond acceptors (Lipinski definition) is 4. The minimum atomic E-state index is -0.518. The summed E-state index contributed by atoms with van der Waals surface area (Å²) in [6.45, 7) is 6.37. The Morgan fingerprint density at radius 1 is 1.07 bits per heavy atom. The minimum Gasteiger partial charge on any atom is -0.345 e. The Kier molecular flexibility index (Phi) is 5.34. The summed E-state index contributed by atoms with van der Waals surface area (Å²) >= 11 is 0. The molecule has 2 aromatic carbocycles. The van der Waals surface area contributed by atoms with Crippen LogP contribution in [0.5, 0.6) is 0 Å². The van der Waals surface area contributed by atoms with E-state index in [-0.39, 0.29) is 30.2 Å². The van der Waals surface area contributed by atoms with Crippen LogP contribution in [0, 0.1) is 5.92 Å². The summed E-state index contributed by atoms with van der Waals surface area (Å²) < 4.78 is 0. The van der Waals surface area contributed by atoms with Gasteiger partial charge in [0, 0.05) is 12.1 Å². The molecule has 2 aromatic rings. The van der Waals surface area contributed by atoms with Crippen molar-refractivity contribution in [3.63, 3.8) is 0 Å². The van der Waals surface area contributed by atoms with Crippen molar-refractivity contribution in [1.82, 2.24) is 10.2 Å². The van der Waals surface area contributed by atoms with Gasteiger partial charge in [-0.25, -0.2) is 0 Å². The number of nitrogens with zero attached hydrogens (tertiary/aromatic N) is 1. The van der Waals surface area contributed by atoms with Gasteiger partial charge in [0.2, 0.25) is 0 Å². The average molecular weight is 379 g/mol. The Morgan fingerprint density at radius 3 is 2.21 bits per heavy atom. The lowest BCUT2D eigenvalue weighted by Gasteiger charge is -2.33. The first-order valence-electron chi connectivity index (χ1n) is 9.33. The molecular formula is C22H25N3O3. The zero-order valence-electron chi connectivity index (χ0n) is 16.4. The number of rotatable bonds is 6. The Labute approximate surface area is 164 Å². The first kappa shape index (κ1) is 19.8. The summed E-state index contributed by atoms with van der Waals surface area (Å²) in [5.41, 5.74) is 7.34. The highest BCUT2D eigenvalue weighted by atomic mass is 16.2. The van der Waals surface area contributed by atoms with E-state index in [1.165, 1.54) is 4.90 Å². The molecule has 1 aliphatic heterocycles. The molecular weight excluding hydrogens is 354 g/mol. The second kappa shape index (κ2) is 7.56. The lowest BCUT2D eigenvalue weighted by atomic mass is 9.88. The highest BCUT2D eigenvalue weighted by Crippen LogP contribution is 2.24. The molecule has 0 aromatic heterocycles. The number of fused-ring (bicyclic) bond motifs is 1. The second-order valence-electron chi connectivity index (χ2n) is 7.67. The molecule has 1 atom stereocenters. The van der Waals surface area contributed by atoms with Gasteiger partial charge in [0.05, 0.1) is 23.2 Å². The first-order chi connectivity index (χ1) is 13.3. The van der Waals surface area contributed by atoms with Gasteiger partial charge < -0.3 is 11.1 Å². The van der Waals surface area contributed by atoms with E-state index in [1.54, 1.807) is 48.5 Å². The number of nitrogens with two attached hydrogens (primary N) is 1. The molecule has 0 radical (unpaired) electrons. The van der Waals surface area contributed by atoms with Gasteiger partial charge in [0.1, 0.15) is 0 Å². The third kappa shape index (κ3) is 3.55. The second-order valence-corrected chi connectivity index (χ2v) is 7.67. The predicted octanol–water partition coefficient (Wildman–Crippen LogP) is 2.59. The standard InChI is InChI=1S/C22H25N3O3/c1-14(2)22(3,13-23)24-19(26)16-8-6-7-15(11-16)12-25-20(27)17-9-4-5-10-18(17)21(25)28/h4-11,14H,12-13,23H2,1-3H3,(H,24,26). The molecule has 28 heavy (non-hydrogen) atoms. The van der Waals surface area contributed by atoms with E-state index < -0.39 is 5.54 Å². The number of carbonyl (C=O) groups excluding carboxylic acids is 3. The number of amides is 3. The molecule has 3 amide bonds. The third-order valence-electron chi connectivity index (χ3n) is 5.51. The predicted molar refractivity (Wildman–Crippen MR) is 107 cm³/mol. The van der Waals surface area contributed by atoms with E-state index in [1.807, 2.05) is 20.8 Å². The summed E-state index contributed by atoms with van der Waals surface area (Å²) in [4.78, 5) is 39.0. The van der Waals surface area contributed by atoms with Crippen LogP contribution in [-0.2, 0) is 6.54 Å². The van der Waals surface area contributed by atoms with E-state index in [0.29, 0.717) is 28.8 Å². The maximum atomic E-state index is 12.7. The molecule has 0 aliphatic carbocycles. The summed E-state index contributed by atoms with van der Waals surface area (Å²) in [5.74, 6) is -0.689. The minimum absolute atomic E-state index is 0.117. The third-order valence-corrected chi connectivity index (χ3v) is 5.51. The molecule has 0 fully saturated rings. The monoisotopic (exact) mass is 379 g/mol. The van der Waals surface area contributed by atoms with Crippen LogP contribution in [0.15, 0.2) is 48.5 Å². The Bertz CT molecular complexity index is 903. The van der Waals surface area contributed by atoms with Crippen molar-refractivity contribution in [2.24, 2.45) is 11.7 Å². The van der Waals surface area contributed by atoms with Crippen molar-refractivity contribution < 1.29 is 14.4 Å². The van der Waals surface area contributed by atoms with Crippen LogP contribution in [0.3, 0.4) is 0 Å². The molecule has 6 heteroatoms. The molecule has 3 N–H and O–H groups in total. The van der Waals surface area contributed by atoms with Crippen LogP contribution < -0.4 is 11.1 Å². The molecule has 1 unspecified atom stereocenters. The normalized spacial score (nSPS) is 15.5. The molecule has 1 heterocycles. The van der Waals surface area contributed by atoms with E-state index >= 15 is 0 Å². The van der Waals surface area contributed by atoms with Gasteiger partial charge in [-0.2, -0.15) is 0 Å². The van der Waals surface area contributed by atoms with Gasteiger partial charge in [-0.15, -0.1) is 0 Å². The van der Waals surface area contributed by atoms with Crippen molar-refractivity contribution in [3.8, 4) is 0 Å². The first-order valence-corrected chi connectivity index (χ1v) is 9.33. The quantitative estimate of drug-likeness (QED) is 0.755. The van der Waals surface area contributed by atoms with Gasteiger partial charge in [0.15, 0.2) is 0 Å². The zero-order chi connectivity index (χ0) is 20.5. The zero-order valence-corrected chi connectivity index (χ0v) is 16.4. The molecule has 0 saturated carbocycles. The van der Waals surface area contributed by atoms with Crippen molar-refractivity contribution >= 4 is 17.7 Å². The van der Waals surface area contributed by atoms with Crippen LogP contribution in [0.25, 0.3) is 0 Å². The summed E-state index contributed by atoms with van der Waals surface area (Å²) in [6.07, 6.45) is 0. The largest absolute Gasteiger partial charge is 0.345 e. The van der Waals surface area contributed by atoms with E-state index in [2.05, 4.69) is 5.32 Å². The molecule has 0 saturated heterocycles. The lowest BCUT2D eigenvalue weighted by Crippen LogP contribution is -2.55. The maximum absolute atomic E-state index is 12.7. The molecule has 0 spiro atoms. The molecule has 3 rings (SSSR count). The molecule has 0 bridgehead atoms. The fraction of sp³-hybridized carbons (Fsp3) is 0.318. The maximum Gasteiger partial charge on any atom is 0.261 e. The van der Waals surface area contributed by atoms with Crippen molar-refractivity contribution in [2.45, 2.75) is 32.9 Å². The van der Waals surface area contributed by atoms with Gasteiger partial charge in [-0.3, -0.25) is 19.3 Å². The van der Waals surface area contributed by atoms with Crippen molar-refractivity contribution in [3.05, 3.63) is 70.8 Å².